The van der Waals surface area contributed by atoms with E-state index in [1.807, 2.05) is 12.1 Å². The predicted octanol–water partition coefficient (Wildman–Crippen LogP) is 3.06. The average Bonchev–Trinajstić information content (AvgIpc) is 2.47. The van der Waals surface area contributed by atoms with E-state index in [-0.39, 0.29) is 11.8 Å². The van der Waals surface area contributed by atoms with Gasteiger partial charge in [0.1, 0.15) is 0 Å². The highest BCUT2D eigenvalue weighted by Crippen LogP contribution is 2.21. The minimum absolute atomic E-state index is 0.166. The van der Waals surface area contributed by atoms with Crippen molar-refractivity contribution in [3.05, 3.63) is 34.3 Å². The first-order valence-electron chi connectivity index (χ1n) is 7.38. The second-order valence-corrected chi connectivity index (χ2v) is 6.57. The molecule has 1 unspecified atom stereocenters. The molecule has 0 spiro atoms. The molecular formula is C16H23BrN2O. The fourth-order valence-electron chi connectivity index (χ4n) is 2.60. The molecule has 4 heteroatoms. The van der Waals surface area contributed by atoms with Gasteiger partial charge in [0.2, 0.25) is 5.91 Å². The minimum Gasteiger partial charge on any atom is -0.356 e. The topological polar surface area (TPSA) is 41.1 Å². The second kappa shape index (κ2) is 7.79. The Morgan fingerprint density at radius 2 is 2.00 bits per heavy atom. The van der Waals surface area contributed by atoms with Gasteiger partial charge in [-0.1, -0.05) is 35.0 Å². The Hall–Kier alpha value is -0.870. The maximum atomic E-state index is 12.0. The lowest BCUT2D eigenvalue weighted by Gasteiger charge is -2.23. The van der Waals surface area contributed by atoms with Crippen LogP contribution in [0.15, 0.2) is 28.7 Å². The van der Waals surface area contributed by atoms with Gasteiger partial charge in [0.25, 0.3) is 0 Å². The lowest BCUT2D eigenvalue weighted by molar-refractivity contribution is -0.121. The highest BCUT2D eigenvalue weighted by Gasteiger charge is 2.15. The van der Waals surface area contributed by atoms with Crippen molar-refractivity contribution in [1.29, 1.82) is 0 Å². The van der Waals surface area contributed by atoms with Gasteiger partial charge in [-0.05, 0) is 55.5 Å². The summed E-state index contributed by atoms with van der Waals surface area (Å²) in [6.45, 7) is 5.09. The first-order chi connectivity index (χ1) is 9.65. The van der Waals surface area contributed by atoms with E-state index in [4.69, 9.17) is 0 Å². The minimum atomic E-state index is 0.166. The van der Waals surface area contributed by atoms with Crippen molar-refractivity contribution in [3.8, 4) is 0 Å². The summed E-state index contributed by atoms with van der Waals surface area (Å²) < 4.78 is 1.07. The van der Waals surface area contributed by atoms with Crippen LogP contribution < -0.4 is 10.6 Å². The molecule has 0 aliphatic carbocycles. The van der Waals surface area contributed by atoms with Gasteiger partial charge >= 0.3 is 0 Å². The van der Waals surface area contributed by atoms with Gasteiger partial charge in [0, 0.05) is 17.4 Å². The summed E-state index contributed by atoms with van der Waals surface area (Å²) in [7, 11) is 0. The van der Waals surface area contributed by atoms with Gasteiger partial charge in [-0.15, -0.1) is 0 Å². The van der Waals surface area contributed by atoms with Crippen molar-refractivity contribution >= 4 is 21.8 Å². The van der Waals surface area contributed by atoms with Crippen molar-refractivity contribution < 1.29 is 4.79 Å². The van der Waals surface area contributed by atoms with Crippen LogP contribution in [0.5, 0.6) is 0 Å². The van der Waals surface area contributed by atoms with Crippen molar-refractivity contribution in [2.24, 2.45) is 5.92 Å². The number of piperidine rings is 1. The molecule has 3 nitrogen and oxygen atoms in total. The lowest BCUT2D eigenvalue weighted by Crippen LogP contribution is -2.36. The summed E-state index contributed by atoms with van der Waals surface area (Å²) in [5.41, 5.74) is 1.21. The zero-order chi connectivity index (χ0) is 14.4. The van der Waals surface area contributed by atoms with Crippen LogP contribution in [0.25, 0.3) is 0 Å². The highest BCUT2D eigenvalue weighted by molar-refractivity contribution is 9.10. The molecule has 2 N–H and O–H groups in total. The lowest BCUT2D eigenvalue weighted by atomic mass is 9.96. The number of rotatable bonds is 5. The Morgan fingerprint density at radius 1 is 1.35 bits per heavy atom. The molecule has 1 aromatic rings. The number of carbonyl (C=O) groups excluding carboxylic acids is 1. The van der Waals surface area contributed by atoms with E-state index >= 15 is 0 Å². The van der Waals surface area contributed by atoms with Gasteiger partial charge in [-0.2, -0.15) is 0 Å². The standard InChI is InChI=1S/C16H23BrN2O/c1-12(14-2-4-15(17)5-3-14)10-16(20)19-11-13-6-8-18-9-7-13/h2-5,12-13,18H,6-11H2,1H3,(H,19,20). The average molecular weight is 339 g/mol. The summed E-state index contributed by atoms with van der Waals surface area (Å²) in [4.78, 5) is 12.0. The van der Waals surface area contributed by atoms with E-state index < -0.39 is 0 Å². The van der Waals surface area contributed by atoms with Gasteiger partial charge < -0.3 is 10.6 Å². The van der Waals surface area contributed by atoms with Crippen molar-refractivity contribution in [2.75, 3.05) is 19.6 Å². The van der Waals surface area contributed by atoms with E-state index in [0.717, 1.165) is 24.1 Å². The fraction of sp³-hybridized carbons (Fsp3) is 0.562. The number of hydrogen-bond donors (Lipinski definition) is 2. The van der Waals surface area contributed by atoms with Gasteiger partial charge in [-0.25, -0.2) is 0 Å². The van der Waals surface area contributed by atoms with Crippen molar-refractivity contribution in [1.82, 2.24) is 10.6 Å². The number of nitrogens with one attached hydrogen (secondary N) is 2. The van der Waals surface area contributed by atoms with Gasteiger partial charge in [-0.3, -0.25) is 4.79 Å². The number of benzene rings is 1. The molecule has 1 atom stereocenters. The molecule has 1 amide bonds. The molecule has 0 radical (unpaired) electrons. The van der Waals surface area contributed by atoms with E-state index in [2.05, 4.69) is 45.6 Å². The molecule has 0 saturated carbocycles. The quantitative estimate of drug-likeness (QED) is 0.866. The Morgan fingerprint density at radius 3 is 2.65 bits per heavy atom. The smallest absolute Gasteiger partial charge is 0.220 e. The fourth-order valence-corrected chi connectivity index (χ4v) is 2.87. The molecule has 110 valence electrons. The monoisotopic (exact) mass is 338 g/mol. The van der Waals surface area contributed by atoms with Crippen LogP contribution in [0.3, 0.4) is 0 Å². The largest absolute Gasteiger partial charge is 0.356 e. The van der Waals surface area contributed by atoms with Crippen LogP contribution in [-0.2, 0) is 4.79 Å². The number of halogens is 1. The molecule has 1 saturated heterocycles. The molecular weight excluding hydrogens is 316 g/mol. The summed E-state index contributed by atoms with van der Waals surface area (Å²) in [5, 5.41) is 6.43. The van der Waals surface area contributed by atoms with Crippen LogP contribution in [0.4, 0.5) is 0 Å². The molecule has 2 rings (SSSR count). The highest BCUT2D eigenvalue weighted by atomic mass is 79.9. The molecule has 1 aliphatic rings. The van der Waals surface area contributed by atoms with E-state index in [1.165, 1.54) is 18.4 Å². The Kier molecular flexibility index (Phi) is 6.05. The van der Waals surface area contributed by atoms with Crippen LogP contribution >= 0.6 is 15.9 Å². The number of hydrogen-bond acceptors (Lipinski definition) is 2. The van der Waals surface area contributed by atoms with Crippen molar-refractivity contribution in [3.63, 3.8) is 0 Å². The zero-order valence-electron chi connectivity index (χ0n) is 12.0. The maximum Gasteiger partial charge on any atom is 0.220 e. The maximum absolute atomic E-state index is 12.0. The molecule has 20 heavy (non-hydrogen) atoms. The first-order valence-corrected chi connectivity index (χ1v) is 8.17. The third kappa shape index (κ3) is 4.91. The van der Waals surface area contributed by atoms with Crippen LogP contribution in [0.2, 0.25) is 0 Å². The summed E-state index contributed by atoms with van der Waals surface area (Å²) in [6, 6.07) is 8.21. The van der Waals surface area contributed by atoms with Crippen LogP contribution in [-0.4, -0.2) is 25.5 Å². The number of amides is 1. The Bertz CT molecular complexity index is 427. The first kappa shape index (κ1) is 15.5. The molecule has 0 aromatic heterocycles. The normalized spacial score (nSPS) is 17.7. The SMILES string of the molecule is CC(CC(=O)NCC1CCNCC1)c1ccc(Br)cc1. The molecule has 0 bridgehead atoms. The van der Waals surface area contributed by atoms with E-state index in [0.29, 0.717) is 12.3 Å². The Balaban J connectivity index is 1.74. The number of carbonyl (C=O) groups is 1. The molecule has 1 aliphatic heterocycles. The third-order valence-electron chi connectivity index (χ3n) is 3.98. The van der Waals surface area contributed by atoms with Crippen molar-refractivity contribution in [2.45, 2.75) is 32.1 Å². The molecule has 1 heterocycles. The summed E-state index contributed by atoms with van der Waals surface area (Å²) >= 11 is 3.43. The Labute approximate surface area is 129 Å². The summed E-state index contributed by atoms with van der Waals surface area (Å²) in [5.74, 6) is 1.07. The molecule has 1 aromatic carbocycles. The van der Waals surface area contributed by atoms with E-state index in [9.17, 15) is 4.79 Å². The van der Waals surface area contributed by atoms with Crippen LogP contribution in [0, 0.1) is 5.92 Å². The van der Waals surface area contributed by atoms with Gasteiger partial charge in [0.15, 0.2) is 0 Å². The predicted molar refractivity (Wildman–Crippen MR) is 85.8 cm³/mol. The zero-order valence-corrected chi connectivity index (χ0v) is 13.6. The van der Waals surface area contributed by atoms with E-state index in [1.54, 1.807) is 0 Å². The third-order valence-corrected chi connectivity index (χ3v) is 4.51. The van der Waals surface area contributed by atoms with Crippen LogP contribution in [0.1, 0.15) is 37.7 Å². The molecule has 1 fully saturated rings. The second-order valence-electron chi connectivity index (χ2n) is 5.65. The van der Waals surface area contributed by atoms with Gasteiger partial charge in [0.05, 0.1) is 0 Å². The summed E-state index contributed by atoms with van der Waals surface area (Å²) in [6.07, 6.45) is 2.90.